The van der Waals surface area contributed by atoms with Crippen LogP contribution in [0.3, 0.4) is 0 Å². The summed E-state index contributed by atoms with van der Waals surface area (Å²) in [6.07, 6.45) is -4.59. The highest BCUT2D eigenvalue weighted by molar-refractivity contribution is 7.21. The zero-order valence-corrected chi connectivity index (χ0v) is 15.8. The number of methoxy groups -OCH3 is 1. The first-order valence-corrected chi connectivity index (χ1v) is 9.24. The molecule has 0 bridgehead atoms. The van der Waals surface area contributed by atoms with Crippen LogP contribution >= 0.6 is 11.3 Å². The Morgan fingerprint density at radius 2 is 1.93 bits per heavy atom. The van der Waals surface area contributed by atoms with Gasteiger partial charge in [0, 0.05) is 16.8 Å². The Kier molecular flexibility index (Phi) is 4.54. The van der Waals surface area contributed by atoms with E-state index in [9.17, 15) is 18.0 Å². The van der Waals surface area contributed by atoms with Gasteiger partial charge in [0.2, 0.25) is 0 Å². The number of nitrogens with zero attached hydrogens (tertiary/aromatic N) is 1. The topological polar surface area (TPSA) is 77.2 Å². The molecule has 9 heteroatoms. The first-order chi connectivity index (χ1) is 13.8. The van der Waals surface area contributed by atoms with Crippen molar-refractivity contribution >= 4 is 49.7 Å². The molecule has 2 aromatic carbocycles. The van der Waals surface area contributed by atoms with Crippen molar-refractivity contribution in [3.8, 4) is 5.75 Å². The van der Waals surface area contributed by atoms with Gasteiger partial charge in [-0.25, -0.2) is 4.98 Å². The number of ether oxygens (including phenoxy) is 1. The quantitative estimate of drug-likeness (QED) is 0.474. The van der Waals surface area contributed by atoms with E-state index in [4.69, 9.17) is 10.5 Å². The molecule has 3 N–H and O–H groups in total. The van der Waals surface area contributed by atoms with E-state index in [1.807, 2.05) is 6.07 Å². The minimum atomic E-state index is -4.59. The summed E-state index contributed by atoms with van der Waals surface area (Å²) < 4.78 is 44.7. The summed E-state index contributed by atoms with van der Waals surface area (Å²) in [5, 5.41) is 3.69. The molecule has 0 fully saturated rings. The minimum absolute atomic E-state index is 0.103. The number of aromatic nitrogens is 1. The summed E-state index contributed by atoms with van der Waals surface area (Å²) in [6.45, 7) is 0. The van der Waals surface area contributed by atoms with Crippen LogP contribution in [0.25, 0.3) is 21.1 Å². The molecule has 0 atom stereocenters. The van der Waals surface area contributed by atoms with Gasteiger partial charge in [0.25, 0.3) is 5.91 Å². The van der Waals surface area contributed by atoms with Gasteiger partial charge in [-0.1, -0.05) is 12.1 Å². The molecule has 148 valence electrons. The maximum atomic E-state index is 13.2. The first-order valence-electron chi connectivity index (χ1n) is 8.42. The fraction of sp³-hybridized carbons (Fsp3) is 0.100. The average Bonchev–Trinajstić information content (AvgIpc) is 3.01. The number of halogens is 3. The number of nitrogens with one attached hydrogen (secondary N) is 1. The van der Waals surface area contributed by atoms with Crippen molar-refractivity contribution in [2.75, 3.05) is 18.2 Å². The first kappa shape index (κ1) is 19.0. The van der Waals surface area contributed by atoms with Gasteiger partial charge in [-0.3, -0.25) is 4.79 Å². The third-order valence-electron chi connectivity index (χ3n) is 4.41. The van der Waals surface area contributed by atoms with Gasteiger partial charge < -0.3 is 15.8 Å². The Bertz CT molecular complexity index is 1250. The Morgan fingerprint density at radius 3 is 2.66 bits per heavy atom. The Morgan fingerprint density at radius 1 is 1.17 bits per heavy atom. The summed E-state index contributed by atoms with van der Waals surface area (Å²) in [7, 11) is 1.55. The van der Waals surface area contributed by atoms with Gasteiger partial charge in [-0.15, -0.1) is 11.3 Å². The van der Waals surface area contributed by atoms with E-state index in [0.29, 0.717) is 21.5 Å². The molecular formula is C20H14F3N3O2S. The van der Waals surface area contributed by atoms with Crippen LogP contribution in [0, 0.1) is 0 Å². The number of fused-ring (bicyclic) bond motifs is 2. The number of para-hydroxylation sites is 1. The van der Waals surface area contributed by atoms with Crippen LogP contribution < -0.4 is 15.8 Å². The van der Waals surface area contributed by atoms with Gasteiger partial charge >= 0.3 is 6.18 Å². The van der Waals surface area contributed by atoms with Crippen molar-refractivity contribution < 1.29 is 22.7 Å². The number of benzene rings is 2. The van der Waals surface area contributed by atoms with Gasteiger partial charge in [0.05, 0.1) is 29.6 Å². The lowest BCUT2D eigenvalue weighted by molar-refractivity contribution is -0.136. The number of pyridine rings is 1. The maximum Gasteiger partial charge on any atom is 0.418 e. The Hall–Kier alpha value is -3.33. The highest BCUT2D eigenvalue weighted by Gasteiger charge is 2.34. The van der Waals surface area contributed by atoms with E-state index in [1.54, 1.807) is 25.3 Å². The third kappa shape index (κ3) is 3.44. The molecule has 29 heavy (non-hydrogen) atoms. The molecule has 5 nitrogen and oxygen atoms in total. The van der Waals surface area contributed by atoms with Crippen molar-refractivity contribution in [2.24, 2.45) is 0 Å². The number of thiophene rings is 1. The minimum Gasteiger partial charge on any atom is -0.497 e. The molecule has 2 heterocycles. The van der Waals surface area contributed by atoms with E-state index in [0.717, 1.165) is 22.8 Å². The molecule has 4 rings (SSSR count). The highest BCUT2D eigenvalue weighted by atomic mass is 32.1. The van der Waals surface area contributed by atoms with E-state index < -0.39 is 17.6 Å². The maximum absolute atomic E-state index is 13.2. The number of alkyl halides is 3. The zero-order chi connectivity index (χ0) is 20.8. The molecule has 0 saturated carbocycles. The Balaban J connectivity index is 1.75. The normalized spacial score (nSPS) is 11.7. The number of hydrogen-bond acceptors (Lipinski definition) is 5. The van der Waals surface area contributed by atoms with Crippen LogP contribution in [0.1, 0.15) is 15.2 Å². The second kappa shape index (κ2) is 6.93. The van der Waals surface area contributed by atoms with Crippen LogP contribution in [-0.4, -0.2) is 18.0 Å². The highest BCUT2D eigenvalue weighted by Crippen LogP contribution is 2.38. The lowest BCUT2D eigenvalue weighted by Crippen LogP contribution is -2.16. The van der Waals surface area contributed by atoms with Crippen LogP contribution in [-0.2, 0) is 6.18 Å². The molecule has 0 aliphatic carbocycles. The summed E-state index contributed by atoms with van der Waals surface area (Å²) >= 11 is 1.02. The number of carbonyl (C=O) groups excluding carboxylic acids is 1. The standard InChI is InChI=1S/C20H14F3N3O2S/c1-28-11-7-6-10-8-12-16(24)17(29-19(12)26-15(10)9-11)18(27)25-14-5-3-2-4-13(14)20(21,22)23/h2-9H,24H2,1H3,(H,25,27). The van der Waals surface area contributed by atoms with Crippen molar-refractivity contribution in [3.63, 3.8) is 0 Å². The second-order valence-corrected chi connectivity index (χ2v) is 7.24. The van der Waals surface area contributed by atoms with Crippen LogP contribution in [0.5, 0.6) is 5.75 Å². The van der Waals surface area contributed by atoms with Crippen molar-refractivity contribution in [2.45, 2.75) is 6.18 Å². The second-order valence-electron chi connectivity index (χ2n) is 6.24. The number of nitrogen functional groups attached to an aromatic ring is 1. The predicted molar refractivity (Wildman–Crippen MR) is 107 cm³/mol. The molecular weight excluding hydrogens is 403 g/mol. The molecule has 2 aromatic heterocycles. The van der Waals surface area contributed by atoms with Crippen molar-refractivity contribution in [1.82, 2.24) is 4.98 Å². The molecule has 0 aliphatic rings. The number of carbonyl (C=O) groups is 1. The number of hydrogen-bond donors (Lipinski definition) is 2. The van der Waals surface area contributed by atoms with Gasteiger partial charge in [-0.2, -0.15) is 13.2 Å². The lowest BCUT2D eigenvalue weighted by Gasteiger charge is -2.13. The van der Waals surface area contributed by atoms with Crippen molar-refractivity contribution in [1.29, 1.82) is 0 Å². The van der Waals surface area contributed by atoms with E-state index in [1.165, 1.54) is 18.2 Å². The Labute approximate surface area is 166 Å². The summed E-state index contributed by atoms with van der Waals surface area (Å²) in [6, 6.07) is 11.9. The van der Waals surface area contributed by atoms with Gasteiger partial charge in [-0.05, 0) is 30.3 Å². The number of rotatable bonds is 3. The molecule has 0 unspecified atom stereocenters. The fourth-order valence-corrected chi connectivity index (χ4v) is 3.97. The smallest absolute Gasteiger partial charge is 0.418 e. The molecule has 0 saturated heterocycles. The van der Waals surface area contributed by atoms with Crippen LogP contribution in [0.4, 0.5) is 24.5 Å². The molecule has 1 amide bonds. The monoisotopic (exact) mass is 417 g/mol. The number of amides is 1. The van der Waals surface area contributed by atoms with Gasteiger partial charge in [0.1, 0.15) is 15.5 Å². The van der Waals surface area contributed by atoms with E-state index in [-0.39, 0.29) is 16.3 Å². The van der Waals surface area contributed by atoms with Crippen LogP contribution in [0.15, 0.2) is 48.5 Å². The SMILES string of the molecule is COc1ccc2cc3c(N)c(C(=O)Nc4ccccc4C(F)(F)F)sc3nc2c1. The fourth-order valence-electron chi connectivity index (χ4n) is 2.99. The average molecular weight is 417 g/mol. The molecule has 0 radical (unpaired) electrons. The predicted octanol–water partition coefficient (Wildman–Crippen LogP) is 5.31. The summed E-state index contributed by atoms with van der Waals surface area (Å²) in [5.41, 5.74) is 5.71. The molecule has 0 spiro atoms. The van der Waals surface area contributed by atoms with Crippen LogP contribution in [0.2, 0.25) is 0 Å². The summed E-state index contributed by atoms with van der Waals surface area (Å²) in [4.78, 5) is 17.8. The third-order valence-corrected chi connectivity index (χ3v) is 5.52. The molecule has 0 aliphatic heterocycles. The number of nitrogens with two attached hydrogens (primary N) is 1. The number of anilines is 2. The molecule has 4 aromatic rings. The van der Waals surface area contributed by atoms with Crippen molar-refractivity contribution in [3.05, 3.63) is 59.0 Å². The largest absolute Gasteiger partial charge is 0.497 e. The van der Waals surface area contributed by atoms with E-state index in [2.05, 4.69) is 10.3 Å². The van der Waals surface area contributed by atoms with E-state index >= 15 is 0 Å². The zero-order valence-electron chi connectivity index (χ0n) is 15.0. The van der Waals surface area contributed by atoms with Gasteiger partial charge in [0.15, 0.2) is 0 Å². The lowest BCUT2D eigenvalue weighted by atomic mass is 10.1. The summed E-state index contributed by atoms with van der Waals surface area (Å²) in [5.74, 6) is -0.0839.